The van der Waals surface area contributed by atoms with Crippen molar-refractivity contribution in [2.75, 3.05) is 14.1 Å². The van der Waals surface area contributed by atoms with Crippen molar-refractivity contribution in [3.8, 4) is 0 Å². The summed E-state index contributed by atoms with van der Waals surface area (Å²) in [6.07, 6.45) is 0.870. The fourth-order valence-corrected chi connectivity index (χ4v) is 2.79. The summed E-state index contributed by atoms with van der Waals surface area (Å²) >= 11 is 0. The highest BCUT2D eigenvalue weighted by Gasteiger charge is 1.99. The topological polar surface area (TPSA) is 61.7 Å². The zero-order chi connectivity index (χ0) is 21.1. The average Bonchev–Trinajstić information content (AvgIpc) is 2.74. The average molecular weight is 386 g/mol. The molecule has 2 N–H and O–H groups in total. The Kier molecular flexibility index (Phi) is 8.54. The van der Waals surface area contributed by atoms with Crippen molar-refractivity contribution in [2.45, 2.75) is 6.92 Å². The van der Waals surface area contributed by atoms with Gasteiger partial charge in [0.2, 0.25) is 5.78 Å². The minimum Gasteiger partial charge on any atom is -0.411 e. The second kappa shape index (κ2) is 11.4. The Morgan fingerprint density at radius 2 is 1.31 bits per heavy atom. The number of nitrogens with zero attached hydrogens (tertiary/aromatic N) is 1. The zero-order valence-corrected chi connectivity index (χ0v) is 17.0. The normalized spacial score (nSPS) is 10.2. The van der Waals surface area contributed by atoms with Crippen molar-refractivity contribution in [3.05, 3.63) is 96.1 Å². The Morgan fingerprint density at radius 1 is 0.793 bits per heavy atom. The van der Waals surface area contributed by atoms with Crippen molar-refractivity contribution in [1.82, 2.24) is 5.32 Å². The van der Waals surface area contributed by atoms with Crippen molar-refractivity contribution >= 4 is 33.5 Å². The molecule has 0 saturated heterocycles. The minimum absolute atomic E-state index is 0.298. The van der Waals surface area contributed by atoms with Crippen LogP contribution in [0.4, 0.5) is 0 Å². The van der Waals surface area contributed by atoms with E-state index in [4.69, 9.17) is 5.21 Å². The Hall–Kier alpha value is -3.50. The Bertz CT molecular complexity index is 1090. The van der Waals surface area contributed by atoms with E-state index in [1.54, 1.807) is 24.3 Å². The smallest absolute Gasteiger partial charge is 0.207 e. The summed E-state index contributed by atoms with van der Waals surface area (Å²) in [7, 11) is 3.75. The third-order valence-electron chi connectivity index (χ3n) is 4.09. The van der Waals surface area contributed by atoms with Crippen molar-refractivity contribution < 1.29 is 10.0 Å². The van der Waals surface area contributed by atoms with Crippen LogP contribution in [0, 0.1) is 6.92 Å². The molecule has 0 bridgehead atoms. The molecule has 0 fully saturated rings. The Labute approximate surface area is 171 Å². The van der Waals surface area contributed by atoms with E-state index in [-0.39, 0.29) is 5.78 Å². The monoisotopic (exact) mass is 386 g/mol. The van der Waals surface area contributed by atoms with Crippen LogP contribution in [0.15, 0.2) is 90.1 Å². The lowest BCUT2D eigenvalue weighted by molar-refractivity contribution is 0.106. The van der Waals surface area contributed by atoms with Gasteiger partial charge in [-0.25, -0.2) is 0 Å². The molecule has 0 aliphatic rings. The third-order valence-corrected chi connectivity index (χ3v) is 4.09. The lowest BCUT2D eigenvalue weighted by atomic mass is 10.0. The van der Waals surface area contributed by atoms with Crippen LogP contribution in [0.2, 0.25) is 0 Å². The summed E-state index contributed by atoms with van der Waals surface area (Å²) in [5.74, 6) is -0.298. The van der Waals surface area contributed by atoms with Gasteiger partial charge in [-0.3, -0.25) is 4.79 Å². The Morgan fingerprint density at radius 3 is 1.90 bits per heavy atom. The fraction of sp³-hybridized carbons (Fsp3) is 0.120. The maximum absolute atomic E-state index is 10.9. The highest BCUT2D eigenvalue weighted by Crippen LogP contribution is 2.23. The largest absolute Gasteiger partial charge is 0.411 e. The van der Waals surface area contributed by atoms with Gasteiger partial charge >= 0.3 is 0 Å². The molecular formula is C25H26N2O2. The van der Waals surface area contributed by atoms with Crippen LogP contribution in [0.1, 0.15) is 15.9 Å². The molecule has 148 valence electrons. The van der Waals surface area contributed by atoms with Crippen molar-refractivity contribution in [3.63, 3.8) is 0 Å². The number of Topliss-reactive ketones (excluding diaryl/α,β-unsaturated/α-hetero) is 1. The van der Waals surface area contributed by atoms with Gasteiger partial charge in [0.25, 0.3) is 0 Å². The van der Waals surface area contributed by atoms with E-state index in [0.29, 0.717) is 5.56 Å². The van der Waals surface area contributed by atoms with Crippen molar-refractivity contribution in [1.29, 1.82) is 0 Å². The van der Waals surface area contributed by atoms with Crippen LogP contribution in [0.3, 0.4) is 0 Å². The van der Waals surface area contributed by atoms with Crippen LogP contribution in [-0.2, 0) is 0 Å². The zero-order valence-electron chi connectivity index (χ0n) is 17.0. The van der Waals surface area contributed by atoms with Crippen LogP contribution in [0.25, 0.3) is 21.5 Å². The second-order valence-corrected chi connectivity index (χ2v) is 6.52. The minimum atomic E-state index is -0.298. The highest BCUT2D eigenvalue weighted by atomic mass is 16.4. The van der Waals surface area contributed by atoms with Gasteiger partial charge in [0.15, 0.2) is 0 Å². The van der Waals surface area contributed by atoms with Gasteiger partial charge in [0.1, 0.15) is 6.21 Å². The second-order valence-electron chi connectivity index (χ2n) is 6.52. The van der Waals surface area contributed by atoms with Gasteiger partial charge in [-0.15, -0.1) is 0 Å². The number of hydrogen-bond donors (Lipinski definition) is 2. The molecule has 0 spiro atoms. The molecule has 0 saturated carbocycles. The standard InChI is InChI=1S/C15H12.C8H7NO2.C2H7N/c1-11-6-7-14-9-12-4-2-3-5-13(12)10-15(14)8-11;10-8(6-9-11)7-4-2-1-3-5-7;1-3-2/h2-10H,1H3;1-6,11H;3H,1-2H3. The molecule has 0 amide bonds. The Balaban J connectivity index is 0.000000190. The molecule has 4 nitrogen and oxygen atoms in total. The van der Waals surface area contributed by atoms with E-state index in [1.165, 1.54) is 27.1 Å². The fourth-order valence-electron chi connectivity index (χ4n) is 2.79. The number of nitrogens with one attached hydrogen (secondary N) is 1. The van der Waals surface area contributed by atoms with E-state index < -0.39 is 0 Å². The van der Waals surface area contributed by atoms with Gasteiger partial charge < -0.3 is 10.5 Å². The lowest BCUT2D eigenvalue weighted by Gasteiger charge is -2.02. The van der Waals surface area contributed by atoms with Gasteiger partial charge in [-0.05, 0) is 54.7 Å². The number of benzene rings is 4. The maximum atomic E-state index is 10.9. The maximum Gasteiger partial charge on any atom is 0.207 e. The summed E-state index contributed by atoms with van der Waals surface area (Å²) in [6.45, 7) is 2.13. The number of fused-ring (bicyclic) bond motifs is 2. The number of carbonyl (C=O) groups is 1. The number of aryl methyl sites for hydroxylation is 1. The van der Waals surface area contributed by atoms with Crippen molar-refractivity contribution in [2.24, 2.45) is 5.16 Å². The molecular weight excluding hydrogens is 360 g/mol. The first-order chi connectivity index (χ1) is 14.1. The number of oxime groups is 1. The van der Waals surface area contributed by atoms with Gasteiger partial charge in [-0.2, -0.15) is 0 Å². The summed E-state index contributed by atoms with van der Waals surface area (Å²) in [5.41, 5.74) is 1.84. The molecule has 0 radical (unpaired) electrons. The third kappa shape index (κ3) is 6.55. The lowest BCUT2D eigenvalue weighted by Crippen LogP contribution is -1.98. The molecule has 0 aliphatic heterocycles. The molecule has 4 rings (SSSR count). The summed E-state index contributed by atoms with van der Waals surface area (Å²) < 4.78 is 0. The molecule has 4 aromatic carbocycles. The molecule has 0 aliphatic carbocycles. The quantitative estimate of drug-likeness (QED) is 0.158. The number of carbonyl (C=O) groups excluding carboxylic acids is 1. The van der Waals surface area contributed by atoms with E-state index in [0.717, 1.165) is 6.21 Å². The highest BCUT2D eigenvalue weighted by molar-refractivity contribution is 6.35. The molecule has 0 atom stereocenters. The predicted molar refractivity (Wildman–Crippen MR) is 122 cm³/mol. The van der Waals surface area contributed by atoms with E-state index >= 15 is 0 Å². The van der Waals surface area contributed by atoms with Crippen LogP contribution >= 0.6 is 0 Å². The van der Waals surface area contributed by atoms with Crippen LogP contribution in [0.5, 0.6) is 0 Å². The van der Waals surface area contributed by atoms with E-state index in [1.807, 2.05) is 20.2 Å². The first-order valence-electron chi connectivity index (χ1n) is 9.33. The summed E-state index contributed by atoms with van der Waals surface area (Å²) in [5, 5.41) is 18.7. The first-order valence-corrected chi connectivity index (χ1v) is 9.33. The molecule has 0 aromatic heterocycles. The van der Waals surface area contributed by atoms with Crippen LogP contribution in [-0.4, -0.2) is 31.3 Å². The van der Waals surface area contributed by atoms with Gasteiger partial charge in [0.05, 0.1) is 0 Å². The molecule has 0 heterocycles. The van der Waals surface area contributed by atoms with Gasteiger partial charge in [-0.1, -0.05) is 83.5 Å². The molecule has 0 unspecified atom stereocenters. The predicted octanol–water partition coefficient (Wildman–Crippen LogP) is 5.47. The van der Waals surface area contributed by atoms with E-state index in [2.05, 4.69) is 72.0 Å². The molecule has 4 aromatic rings. The molecule has 29 heavy (non-hydrogen) atoms. The summed E-state index contributed by atoms with van der Waals surface area (Å²) in [6, 6.07) is 28.2. The number of ketones is 1. The first kappa shape index (κ1) is 21.8. The van der Waals surface area contributed by atoms with E-state index in [9.17, 15) is 4.79 Å². The van der Waals surface area contributed by atoms with Gasteiger partial charge in [0, 0.05) is 5.56 Å². The SMILES string of the molecule is CNC.Cc1ccc2cc3ccccc3cc2c1.O=C(C=NO)c1ccccc1. The number of hydrogen-bond acceptors (Lipinski definition) is 4. The molecule has 4 heteroatoms. The van der Waals surface area contributed by atoms with Crippen LogP contribution < -0.4 is 5.32 Å². The number of rotatable bonds is 2. The summed E-state index contributed by atoms with van der Waals surface area (Å²) in [4.78, 5) is 10.9.